The van der Waals surface area contributed by atoms with Crippen molar-refractivity contribution in [2.24, 2.45) is 5.41 Å². The third-order valence-corrected chi connectivity index (χ3v) is 16.8. The van der Waals surface area contributed by atoms with Crippen LogP contribution in [0.15, 0.2) is 102 Å². The van der Waals surface area contributed by atoms with Crippen molar-refractivity contribution < 1.29 is 51.6 Å². The van der Waals surface area contributed by atoms with Crippen molar-refractivity contribution >= 4 is 52.3 Å². The van der Waals surface area contributed by atoms with Gasteiger partial charge in [0.15, 0.2) is 0 Å². The highest BCUT2D eigenvalue weighted by Gasteiger charge is 2.61. The number of hydrogen-bond donors (Lipinski definition) is 5. The highest BCUT2D eigenvalue weighted by molar-refractivity contribution is 6.31. The number of rotatable bonds is 27. The number of carbonyl (C=O) groups is 3. The molecule has 474 valence electrons. The van der Waals surface area contributed by atoms with E-state index in [4.69, 9.17) is 51.6 Å². The Balaban J connectivity index is 0.773. The summed E-state index contributed by atoms with van der Waals surface area (Å²) < 4.78 is 66.7. The fourth-order valence-electron chi connectivity index (χ4n) is 11.9. The monoisotopic (exact) mass is 1260 g/mol. The van der Waals surface area contributed by atoms with E-state index in [0.29, 0.717) is 63.1 Å². The SMILES string of the molecule is CCN(c1cc(-c2ccc(OCCOCCOCCOCCNC(=O)c3ccc(NC(=O)[C@@H]4N[C@@H](CC(C)(C)C)[C@](C#N)(c5ccc(Cl)cc5F)[C@H]4c4cccc(Cl)c4F)c(OC)c3)cc2)cc(C(=O)NCc2c(C)cc(C)[nH]c2=O)c1C)C1CCOCC1. The number of benzene rings is 5. The summed E-state index contributed by atoms with van der Waals surface area (Å²) in [6, 6.07) is 26.9. The summed E-state index contributed by atoms with van der Waals surface area (Å²) in [5.74, 6) is -3.45. The number of hydrogen-bond acceptors (Lipinski definition) is 13. The number of nitriles is 1. The van der Waals surface area contributed by atoms with Gasteiger partial charge >= 0.3 is 0 Å². The molecule has 2 fully saturated rings. The molecule has 1 aromatic heterocycles. The molecule has 4 atom stereocenters. The Morgan fingerprint density at radius 3 is 2.18 bits per heavy atom. The zero-order valence-corrected chi connectivity index (χ0v) is 53.2. The Kier molecular flexibility index (Phi) is 23.4. The van der Waals surface area contributed by atoms with E-state index in [9.17, 15) is 24.4 Å². The van der Waals surface area contributed by atoms with E-state index in [1.54, 1.807) is 0 Å². The van der Waals surface area contributed by atoms with E-state index in [0.717, 1.165) is 59.1 Å². The molecular formula is C68H79Cl2F2N7O10. The van der Waals surface area contributed by atoms with Gasteiger partial charge in [0, 0.05) is 89.5 Å². The third-order valence-electron chi connectivity index (χ3n) is 16.2. The number of methoxy groups -OCH3 is 1. The number of aryl methyl sites for hydroxylation is 2. The number of H-pyrrole nitrogens is 1. The number of halogens is 4. The number of aromatic amines is 1. The van der Waals surface area contributed by atoms with Crippen LogP contribution < -0.4 is 41.2 Å². The van der Waals surface area contributed by atoms with Gasteiger partial charge in [0.1, 0.15) is 35.2 Å². The molecule has 6 aromatic rings. The van der Waals surface area contributed by atoms with E-state index in [-0.39, 0.29) is 88.4 Å². The van der Waals surface area contributed by atoms with Crippen LogP contribution in [0.1, 0.15) is 107 Å². The molecule has 2 aliphatic rings. The molecule has 5 aromatic carbocycles. The van der Waals surface area contributed by atoms with Gasteiger partial charge in [-0.15, -0.1) is 0 Å². The van der Waals surface area contributed by atoms with Crippen LogP contribution in [0.3, 0.4) is 0 Å². The van der Waals surface area contributed by atoms with E-state index in [1.165, 1.54) is 55.6 Å². The lowest BCUT2D eigenvalue weighted by Gasteiger charge is -2.37. The van der Waals surface area contributed by atoms with E-state index < -0.39 is 52.3 Å². The minimum Gasteiger partial charge on any atom is -0.495 e. The molecule has 0 unspecified atom stereocenters. The molecule has 21 heteroatoms. The quantitative estimate of drug-likeness (QED) is 0.0304. The van der Waals surface area contributed by atoms with Gasteiger partial charge in [-0.25, -0.2) is 8.78 Å². The summed E-state index contributed by atoms with van der Waals surface area (Å²) >= 11 is 12.5. The predicted octanol–water partition coefficient (Wildman–Crippen LogP) is 11.3. The fraction of sp³-hybridized carbons (Fsp3) is 0.426. The fourth-order valence-corrected chi connectivity index (χ4v) is 12.3. The standard InChI is InChI=1S/C68H79Cl2F2N7O10/c1-9-79(48-21-24-85-25-22-48)57-35-46(34-51(43(57)4)64(81)75-39-52-41(2)33-42(3)76-65(52)82)44-13-17-49(18-14-44)89-32-31-88-30-29-87-28-27-86-26-23-74-63(80)45-15-20-56(58(36-45)84-8)77-66(83)62-60(50-11-10-12-54(70)61(50)72)68(40-73,59(78-62)38-67(5,6)7)53-19-16-47(69)37-55(53)71/h10-20,33-37,48,59-60,62,78H,9,21-32,38-39H2,1-8H3,(H,74,80)(H,75,81)(H,76,82)(H,77,83)/t59-,60-,62+,68-/m0/s1. The highest BCUT2D eigenvalue weighted by atomic mass is 35.5. The lowest BCUT2D eigenvalue weighted by molar-refractivity contribution is -0.118. The van der Waals surface area contributed by atoms with Crippen molar-refractivity contribution in [2.75, 3.05) is 89.9 Å². The number of pyridine rings is 1. The van der Waals surface area contributed by atoms with E-state index in [2.05, 4.69) is 50.2 Å². The summed E-state index contributed by atoms with van der Waals surface area (Å²) in [5.41, 5.74) is 4.14. The number of nitrogens with one attached hydrogen (secondary N) is 5. The minimum absolute atomic E-state index is 0.0493. The topological polar surface area (TPSA) is 215 Å². The molecule has 0 spiro atoms. The number of ether oxygens (including phenoxy) is 6. The van der Waals surface area contributed by atoms with E-state index in [1.807, 2.05) is 77.9 Å². The summed E-state index contributed by atoms with van der Waals surface area (Å²) in [7, 11) is 1.38. The molecule has 8 rings (SSSR count). The summed E-state index contributed by atoms with van der Waals surface area (Å²) in [4.78, 5) is 59.8. The largest absolute Gasteiger partial charge is 0.495 e. The van der Waals surface area contributed by atoms with Crippen LogP contribution in [0.2, 0.25) is 10.0 Å². The van der Waals surface area contributed by atoms with Gasteiger partial charge in [0.25, 0.3) is 17.4 Å². The summed E-state index contributed by atoms with van der Waals surface area (Å²) in [6.07, 6.45) is 2.07. The van der Waals surface area contributed by atoms with Crippen LogP contribution in [-0.4, -0.2) is 120 Å². The van der Waals surface area contributed by atoms with Crippen LogP contribution in [0, 0.1) is 49.2 Å². The van der Waals surface area contributed by atoms with Crippen LogP contribution >= 0.6 is 23.2 Å². The number of carbonyl (C=O) groups excluding carboxylic acids is 3. The summed E-state index contributed by atoms with van der Waals surface area (Å²) in [5, 5.41) is 23.1. The second-order valence-corrected chi connectivity index (χ2v) is 24.3. The summed E-state index contributed by atoms with van der Waals surface area (Å²) in [6.45, 7) is 18.2. The third kappa shape index (κ3) is 16.5. The molecule has 0 radical (unpaired) electrons. The Bertz CT molecular complexity index is 3570. The Morgan fingerprint density at radius 1 is 0.831 bits per heavy atom. The molecule has 3 amide bonds. The maximum absolute atomic E-state index is 16.2. The molecule has 2 aliphatic heterocycles. The van der Waals surface area contributed by atoms with Crippen molar-refractivity contribution in [3.63, 3.8) is 0 Å². The zero-order chi connectivity index (χ0) is 64.0. The minimum atomic E-state index is -1.82. The first-order valence-electron chi connectivity index (χ1n) is 29.9. The van der Waals surface area contributed by atoms with Crippen molar-refractivity contribution in [3.05, 3.63) is 174 Å². The number of anilines is 2. The first kappa shape index (κ1) is 67.5. The molecule has 5 N–H and O–H groups in total. The van der Waals surface area contributed by atoms with Crippen LogP contribution in [-0.2, 0) is 35.7 Å². The smallest absolute Gasteiger partial charge is 0.253 e. The molecule has 0 bridgehead atoms. The molecule has 0 saturated carbocycles. The molecule has 2 saturated heterocycles. The first-order chi connectivity index (χ1) is 42.7. The number of amides is 3. The van der Waals surface area contributed by atoms with Gasteiger partial charge < -0.3 is 59.6 Å². The Hall–Kier alpha value is -7.41. The van der Waals surface area contributed by atoms with Gasteiger partial charge in [0.05, 0.1) is 69.6 Å². The van der Waals surface area contributed by atoms with Crippen LogP contribution in [0.5, 0.6) is 11.5 Å². The van der Waals surface area contributed by atoms with Crippen molar-refractivity contribution in [2.45, 2.75) is 104 Å². The first-order valence-corrected chi connectivity index (χ1v) is 30.7. The maximum Gasteiger partial charge on any atom is 0.253 e. The van der Waals surface area contributed by atoms with Gasteiger partial charge in [0.2, 0.25) is 5.91 Å². The van der Waals surface area contributed by atoms with Crippen LogP contribution in [0.4, 0.5) is 20.2 Å². The predicted molar refractivity (Wildman–Crippen MR) is 341 cm³/mol. The van der Waals surface area contributed by atoms with Crippen molar-refractivity contribution in [3.8, 4) is 28.7 Å². The molecule has 89 heavy (non-hydrogen) atoms. The van der Waals surface area contributed by atoms with Crippen molar-refractivity contribution in [1.82, 2.24) is 20.9 Å². The van der Waals surface area contributed by atoms with Crippen LogP contribution in [0.25, 0.3) is 11.1 Å². The average molecular weight is 1260 g/mol. The maximum atomic E-state index is 16.2. The number of aromatic nitrogens is 1. The molecule has 3 heterocycles. The van der Waals surface area contributed by atoms with E-state index >= 15 is 8.78 Å². The second-order valence-electron chi connectivity index (χ2n) is 23.5. The number of nitrogens with zero attached hydrogens (tertiary/aromatic N) is 2. The molecule has 17 nitrogen and oxygen atoms in total. The lowest BCUT2D eigenvalue weighted by Crippen LogP contribution is -2.45. The van der Waals surface area contributed by atoms with Gasteiger partial charge in [-0.3, -0.25) is 19.2 Å². The Morgan fingerprint density at radius 2 is 1.53 bits per heavy atom. The average Bonchev–Trinajstić information content (AvgIpc) is 1.60. The van der Waals surface area contributed by atoms with Crippen molar-refractivity contribution in [1.29, 1.82) is 5.26 Å². The van der Waals surface area contributed by atoms with Gasteiger partial charge in [-0.2, -0.15) is 5.26 Å². The van der Waals surface area contributed by atoms with Gasteiger partial charge in [-0.1, -0.05) is 74.3 Å². The molecule has 0 aliphatic carbocycles. The lowest BCUT2D eigenvalue weighted by atomic mass is 9.62. The zero-order valence-electron chi connectivity index (χ0n) is 51.6. The highest BCUT2D eigenvalue weighted by Crippen LogP contribution is 2.53. The van der Waals surface area contributed by atoms with Gasteiger partial charge in [-0.05, 0) is 147 Å². The molecular weight excluding hydrogens is 1180 g/mol. The second kappa shape index (κ2) is 30.9. The normalized spacial score (nSPS) is 17.6. The Labute approximate surface area is 529 Å².